The molecule has 0 amide bonds. The number of piperazine rings is 1. The Kier molecular flexibility index (Phi) is 4.01. The molecule has 2 heterocycles. The molecule has 18 heavy (non-hydrogen) atoms. The molecule has 1 unspecified atom stereocenters. The lowest BCUT2D eigenvalue weighted by atomic mass is 10.1. The normalized spacial score (nSPS) is 21.1. The zero-order valence-electron chi connectivity index (χ0n) is 11.8. The van der Waals surface area contributed by atoms with Crippen LogP contribution in [0.4, 0.5) is 11.6 Å². The smallest absolute Gasteiger partial charge is 0.137 e. The van der Waals surface area contributed by atoms with E-state index in [2.05, 4.69) is 45.9 Å². The van der Waals surface area contributed by atoms with Crippen molar-refractivity contribution in [1.29, 1.82) is 0 Å². The fourth-order valence-corrected chi connectivity index (χ4v) is 2.67. The van der Waals surface area contributed by atoms with E-state index in [1.54, 1.807) is 6.33 Å². The maximum Gasteiger partial charge on any atom is 0.137 e. The van der Waals surface area contributed by atoms with Crippen molar-refractivity contribution in [3.63, 3.8) is 0 Å². The van der Waals surface area contributed by atoms with Gasteiger partial charge in [0.25, 0.3) is 0 Å². The molecule has 100 valence electrons. The Morgan fingerprint density at radius 2 is 2.17 bits per heavy atom. The van der Waals surface area contributed by atoms with Crippen molar-refractivity contribution in [2.45, 2.75) is 26.8 Å². The zero-order valence-corrected chi connectivity index (χ0v) is 11.8. The van der Waals surface area contributed by atoms with Crippen molar-refractivity contribution in [2.75, 3.05) is 43.4 Å². The molecular weight excluding hydrogens is 226 g/mol. The molecule has 1 N–H and O–H groups in total. The Morgan fingerprint density at radius 1 is 1.39 bits per heavy atom. The van der Waals surface area contributed by atoms with Crippen LogP contribution < -0.4 is 10.2 Å². The van der Waals surface area contributed by atoms with E-state index in [1.165, 1.54) is 0 Å². The lowest BCUT2D eigenvalue weighted by Gasteiger charge is -2.40. The first-order chi connectivity index (χ1) is 8.67. The van der Waals surface area contributed by atoms with Gasteiger partial charge in [-0.3, -0.25) is 4.90 Å². The van der Waals surface area contributed by atoms with E-state index in [0.717, 1.165) is 43.4 Å². The summed E-state index contributed by atoms with van der Waals surface area (Å²) in [5.41, 5.74) is 1.14. The zero-order chi connectivity index (χ0) is 13.1. The maximum absolute atomic E-state index is 4.45. The van der Waals surface area contributed by atoms with Crippen molar-refractivity contribution in [2.24, 2.45) is 0 Å². The summed E-state index contributed by atoms with van der Waals surface area (Å²) < 4.78 is 0. The number of likely N-dealkylation sites (N-methyl/N-ethyl adjacent to an activating group) is 1. The van der Waals surface area contributed by atoms with Crippen LogP contribution in [0.2, 0.25) is 0 Å². The molecule has 5 nitrogen and oxygen atoms in total. The predicted octanol–water partition coefficient (Wildman–Crippen LogP) is 1.36. The molecule has 0 spiro atoms. The van der Waals surface area contributed by atoms with Crippen molar-refractivity contribution >= 4 is 11.6 Å². The summed E-state index contributed by atoms with van der Waals surface area (Å²) in [5.74, 6) is 1.99. The van der Waals surface area contributed by atoms with Crippen molar-refractivity contribution in [1.82, 2.24) is 14.9 Å². The fourth-order valence-electron chi connectivity index (χ4n) is 2.67. The van der Waals surface area contributed by atoms with Crippen LogP contribution in [-0.4, -0.2) is 54.1 Å². The van der Waals surface area contributed by atoms with Gasteiger partial charge in [0.15, 0.2) is 0 Å². The van der Waals surface area contributed by atoms with E-state index in [-0.39, 0.29) is 0 Å². The van der Waals surface area contributed by atoms with Gasteiger partial charge in [0.05, 0.1) is 0 Å². The van der Waals surface area contributed by atoms with E-state index in [4.69, 9.17) is 0 Å². The lowest BCUT2D eigenvalue weighted by molar-refractivity contribution is 0.199. The average Bonchev–Trinajstić information content (AvgIpc) is 2.39. The van der Waals surface area contributed by atoms with Gasteiger partial charge >= 0.3 is 0 Å². The second kappa shape index (κ2) is 5.52. The molecule has 1 aliphatic rings. The molecule has 2 rings (SSSR count). The van der Waals surface area contributed by atoms with Gasteiger partial charge in [-0.05, 0) is 20.4 Å². The molecule has 1 fully saturated rings. The van der Waals surface area contributed by atoms with Crippen LogP contribution >= 0.6 is 0 Å². The van der Waals surface area contributed by atoms with Gasteiger partial charge in [0, 0.05) is 38.3 Å². The predicted molar refractivity (Wildman–Crippen MR) is 75.2 cm³/mol. The topological polar surface area (TPSA) is 44.3 Å². The molecule has 1 atom stereocenters. The van der Waals surface area contributed by atoms with Crippen molar-refractivity contribution in [3.05, 3.63) is 11.9 Å². The third kappa shape index (κ3) is 2.41. The Labute approximate surface area is 109 Å². The SMILES string of the molecule is CCN1CCN(c2ncnc(NC)c2C)CC1C. The lowest BCUT2D eigenvalue weighted by Crippen LogP contribution is -2.52. The fraction of sp³-hybridized carbons (Fsp3) is 0.692. The standard InChI is InChI=1S/C13H23N5/c1-5-17-6-7-18(8-10(17)2)13-11(3)12(14-4)15-9-16-13/h9-10H,5-8H2,1-4H3,(H,14,15,16). The Morgan fingerprint density at radius 3 is 2.78 bits per heavy atom. The number of rotatable bonds is 3. The van der Waals surface area contributed by atoms with Gasteiger partial charge in [0.1, 0.15) is 18.0 Å². The van der Waals surface area contributed by atoms with Crippen LogP contribution in [0.15, 0.2) is 6.33 Å². The van der Waals surface area contributed by atoms with Gasteiger partial charge < -0.3 is 10.2 Å². The highest BCUT2D eigenvalue weighted by Crippen LogP contribution is 2.24. The van der Waals surface area contributed by atoms with Gasteiger partial charge in [-0.2, -0.15) is 0 Å². The highest BCUT2D eigenvalue weighted by Gasteiger charge is 2.24. The minimum atomic E-state index is 0.580. The first-order valence-electron chi connectivity index (χ1n) is 6.65. The summed E-state index contributed by atoms with van der Waals surface area (Å²) in [6.07, 6.45) is 1.64. The number of nitrogens with one attached hydrogen (secondary N) is 1. The van der Waals surface area contributed by atoms with E-state index < -0.39 is 0 Å². The Hall–Kier alpha value is -1.36. The number of anilines is 2. The molecule has 0 aliphatic carbocycles. The molecule has 1 saturated heterocycles. The summed E-state index contributed by atoms with van der Waals surface area (Å²) in [4.78, 5) is 13.6. The summed E-state index contributed by atoms with van der Waals surface area (Å²) >= 11 is 0. The van der Waals surface area contributed by atoms with Gasteiger partial charge in [-0.15, -0.1) is 0 Å². The molecule has 5 heteroatoms. The molecule has 1 aromatic heterocycles. The third-order valence-corrected chi connectivity index (χ3v) is 3.77. The highest BCUT2D eigenvalue weighted by atomic mass is 15.3. The van der Waals surface area contributed by atoms with E-state index in [9.17, 15) is 0 Å². The number of hydrogen-bond acceptors (Lipinski definition) is 5. The molecule has 1 aromatic rings. The quantitative estimate of drug-likeness (QED) is 0.876. The molecular formula is C13H23N5. The maximum atomic E-state index is 4.45. The van der Waals surface area contributed by atoms with E-state index >= 15 is 0 Å². The number of nitrogens with zero attached hydrogens (tertiary/aromatic N) is 4. The van der Waals surface area contributed by atoms with Crippen LogP contribution in [0.3, 0.4) is 0 Å². The van der Waals surface area contributed by atoms with Crippen LogP contribution in [0.25, 0.3) is 0 Å². The second-order valence-corrected chi connectivity index (χ2v) is 4.84. The first kappa shape index (κ1) is 13.1. The van der Waals surface area contributed by atoms with Crippen LogP contribution in [-0.2, 0) is 0 Å². The molecule has 1 aliphatic heterocycles. The number of hydrogen-bond donors (Lipinski definition) is 1. The summed E-state index contributed by atoms with van der Waals surface area (Å²) in [5, 5.41) is 3.12. The van der Waals surface area contributed by atoms with Crippen LogP contribution in [0, 0.1) is 6.92 Å². The Bertz CT molecular complexity index is 406. The molecule has 0 saturated carbocycles. The molecule has 0 radical (unpaired) electrons. The molecule has 0 bridgehead atoms. The average molecular weight is 249 g/mol. The van der Waals surface area contributed by atoms with Crippen molar-refractivity contribution in [3.8, 4) is 0 Å². The van der Waals surface area contributed by atoms with Crippen molar-refractivity contribution < 1.29 is 0 Å². The second-order valence-electron chi connectivity index (χ2n) is 4.84. The minimum absolute atomic E-state index is 0.580. The molecule has 0 aromatic carbocycles. The van der Waals surface area contributed by atoms with Gasteiger partial charge in [-0.1, -0.05) is 6.92 Å². The summed E-state index contributed by atoms with van der Waals surface area (Å²) in [7, 11) is 1.90. The Balaban J connectivity index is 2.18. The summed E-state index contributed by atoms with van der Waals surface area (Å²) in [6, 6.07) is 0.580. The highest BCUT2D eigenvalue weighted by molar-refractivity contribution is 5.57. The first-order valence-corrected chi connectivity index (χ1v) is 6.65. The monoisotopic (exact) mass is 249 g/mol. The van der Waals surface area contributed by atoms with Crippen LogP contribution in [0.1, 0.15) is 19.4 Å². The third-order valence-electron chi connectivity index (χ3n) is 3.77. The summed E-state index contributed by atoms with van der Waals surface area (Å²) in [6.45, 7) is 10.9. The number of aromatic nitrogens is 2. The largest absolute Gasteiger partial charge is 0.373 e. The van der Waals surface area contributed by atoms with E-state index in [1.807, 2.05) is 7.05 Å². The van der Waals surface area contributed by atoms with Crippen LogP contribution in [0.5, 0.6) is 0 Å². The van der Waals surface area contributed by atoms with E-state index in [0.29, 0.717) is 6.04 Å². The van der Waals surface area contributed by atoms with Gasteiger partial charge in [-0.25, -0.2) is 9.97 Å². The minimum Gasteiger partial charge on any atom is -0.373 e. The van der Waals surface area contributed by atoms with Gasteiger partial charge in [0.2, 0.25) is 0 Å².